The van der Waals surface area contributed by atoms with Crippen LogP contribution in [0.25, 0.3) is 0 Å². The van der Waals surface area contributed by atoms with Gasteiger partial charge in [-0.05, 0) is 28.8 Å². The molecule has 0 fully saturated rings. The Morgan fingerprint density at radius 2 is 2.28 bits per heavy atom. The van der Waals surface area contributed by atoms with E-state index in [9.17, 15) is 4.39 Å². The van der Waals surface area contributed by atoms with Gasteiger partial charge in [-0.2, -0.15) is 11.3 Å². The molecule has 0 radical (unpaired) electrons. The molecule has 3 N–H and O–H groups in total. The highest BCUT2D eigenvalue weighted by Crippen LogP contribution is 2.28. The van der Waals surface area contributed by atoms with Gasteiger partial charge in [-0.25, -0.2) is 4.39 Å². The molecule has 0 saturated carbocycles. The second-order valence-electron chi connectivity index (χ2n) is 3.88. The van der Waals surface area contributed by atoms with E-state index >= 15 is 0 Å². The maximum absolute atomic E-state index is 13.6. The molecule has 0 atom stereocenters. The zero-order valence-electron chi connectivity index (χ0n) is 10.1. The second-order valence-corrected chi connectivity index (χ2v) is 4.66. The van der Waals surface area contributed by atoms with Crippen molar-refractivity contribution in [2.45, 2.75) is 6.42 Å². The van der Waals surface area contributed by atoms with E-state index in [1.54, 1.807) is 17.4 Å². The maximum Gasteiger partial charge on any atom is 0.148 e. The molecule has 1 heterocycles. The SMILES string of the molecule is COc1cc(NCCc2ccsc2)c(F)cc1N. The number of hydrogen-bond donors (Lipinski definition) is 2. The first kappa shape index (κ1) is 12.7. The van der Waals surface area contributed by atoms with Crippen molar-refractivity contribution < 1.29 is 9.13 Å². The van der Waals surface area contributed by atoms with Gasteiger partial charge in [0.05, 0.1) is 18.5 Å². The Labute approximate surface area is 109 Å². The number of rotatable bonds is 5. The van der Waals surface area contributed by atoms with Gasteiger partial charge in [-0.3, -0.25) is 0 Å². The standard InChI is InChI=1S/C13H15FN2OS/c1-17-13-7-12(10(14)6-11(13)15)16-4-2-9-3-5-18-8-9/h3,5-8,16H,2,4,15H2,1H3. The summed E-state index contributed by atoms with van der Waals surface area (Å²) in [5, 5.41) is 7.16. The summed E-state index contributed by atoms with van der Waals surface area (Å²) in [6.45, 7) is 0.667. The molecule has 0 amide bonds. The van der Waals surface area contributed by atoms with Crippen molar-refractivity contribution in [2.24, 2.45) is 0 Å². The third-order valence-corrected chi connectivity index (χ3v) is 3.36. The van der Waals surface area contributed by atoms with Gasteiger partial charge in [0.15, 0.2) is 0 Å². The molecule has 0 aliphatic carbocycles. The smallest absolute Gasteiger partial charge is 0.148 e. The number of ether oxygens (including phenoxy) is 1. The van der Waals surface area contributed by atoms with Crippen molar-refractivity contribution in [1.29, 1.82) is 0 Å². The van der Waals surface area contributed by atoms with E-state index in [2.05, 4.69) is 16.8 Å². The Morgan fingerprint density at radius 1 is 1.44 bits per heavy atom. The number of hydrogen-bond acceptors (Lipinski definition) is 4. The fourth-order valence-electron chi connectivity index (χ4n) is 1.66. The van der Waals surface area contributed by atoms with E-state index in [0.717, 1.165) is 6.42 Å². The molecule has 0 bridgehead atoms. The molecular formula is C13H15FN2OS. The Kier molecular flexibility index (Phi) is 4.04. The van der Waals surface area contributed by atoms with Crippen LogP contribution in [0.4, 0.5) is 15.8 Å². The molecule has 0 saturated heterocycles. The first-order chi connectivity index (χ1) is 8.70. The van der Waals surface area contributed by atoms with Crippen LogP contribution in [-0.4, -0.2) is 13.7 Å². The number of nitrogen functional groups attached to an aromatic ring is 1. The number of benzene rings is 1. The first-order valence-electron chi connectivity index (χ1n) is 5.58. The number of methoxy groups -OCH3 is 1. The van der Waals surface area contributed by atoms with Crippen molar-refractivity contribution in [3.63, 3.8) is 0 Å². The highest BCUT2D eigenvalue weighted by Gasteiger charge is 2.07. The fourth-order valence-corrected chi connectivity index (χ4v) is 2.36. The largest absolute Gasteiger partial charge is 0.495 e. The number of thiophene rings is 1. The highest BCUT2D eigenvalue weighted by atomic mass is 32.1. The third kappa shape index (κ3) is 2.92. The van der Waals surface area contributed by atoms with Crippen molar-refractivity contribution in [3.8, 4) is 5.75 Å². The molecule has 5 heteroatoms. The van der Waals surface area contributed by atoms with Crippen molar-refractivity contribution >= 4 is 22.7 Å². The van der Waals surface area contributed by atoms with Gasteiger partial charge in [0.1, 0.15) is 11.6 Å². The van der Waals surface area contributed by atoms with E-state index in [4.69, 9.17) is 10.5 Å². The van der Waals surface area contributed by atoms with Gasteiger partial charge in [0, 0.05) is 18.7 Å². The Morgan fingerprint density at radius 3 is 2.94 bits per heavy atom. The zero-order valence-corrected chi connectivity index (χ0v) is 10.9. The van der Waals surface area contributed by atoms with Crippen LogP contribution in [0, 0.1) is 5.82 Å². The molecule has 96 valence electrons. The van der Waals surface area contributed by atoms with E-state index < -0.39 is 0 Å². The van der Waals surface area contributed by atoms with E-state index in [1.807, 2.05) is 5.38 Å². The quantitative estimate of drug-likeness (QED) is 0.817. The van der Waals surface area contributed by atoms with Crippen LogP contribution in [0.5, 0.6) is 5.75 Å². The minimum atomic E-state index is -0.362. The summed E-state index contributed by atoms with van der Waals surface area (Å²) < 4.78 is 18.7. The van der Waals surface area contributed by atoms with Crippen LogP contribution < -0.4 is 15.8 Å². The summed E-state index contributed by atoms with van der Waals surface area (Å²) in [4.78, 5) is 0. The van der Waals surface area contributed by atoms with Gasteiger partial charge >= 0.3 is 0 Å². The molecule has 0 spiro atoms. The fraction of sp³-hybridized carbons (Fsp3) is 0.231. The summed E-state index contributed by atoms with van der Waals surface area (Å²) in [6, 6.07) is 4.91. The lowest BCUT2D eigenvalue weighted by Crippen LogP contribution is -2.07. The van der Waals surface area contributed by atoms with Crippen molar-refractivity contribution in [1.82, 2.24) is 0 Å². The van der Waals surface area contributed by atoms with E-state index in [1.165, 1.54) is 18.7 Å². The number of anilines is 2. The average molecular weight is 266 g/mol. The van der Waals surface area contributed by atoms with Gasteiger partial charge in [0.25, 0.3) is 0 Å². The van der Waals surface area contributed by atoms with Crippen LogP contribution in [0.1, 0.15) is 5.56 Å². The van der Waals surface area contributed by atoms with Crippen LogP contribution in [0.2, 0.25) is 0 Å². The van der Waals surface area contributed by atoms with Crippen LogP contribution in [-0.2, 0) is 6.42 Å². The molecule has 18 heavy (non-hydrogen) atoms. The predicted molar refractivity (Wildman–Crippen MR) is 73.9 cm³/mol. The lowest BCUT2D eigenvalue weighted by atomic mass is 10.2. The number of nitrogens with two attached hydrogens (primary N) is 1. The molecule has 3 nitrogen and oxygen atoms in total. The van der Waals surface area contributed by atoms with Crippen LogP contribution >= 0.6 is 11.3 Å². The van der Waals surface area contributed by atoms with Crippen LogP contribution in [0.15, 0.2) is 29.0 Å². The lowest BCUT2D eigenvalue weighted by Gasteiger charge is -2.11. The van der Waals surface area contributed by atoms with Gasteiger partial charge in [0.2, 0.25) is 0 Å². The monoisotopic (exact) mass is 266 g/mol. The molecule has 1 aromatic heterocycles. The summed E-state index contributed by atoms with van der Waals surface area (Å²) >= 11 is 1.66. The summed E-state index contributed by atoms with van der Waals surface area (Å²) in [6.07, 6.45) is 0.857. The highest BCUT2D eigenvalue weighted by molar-refractivity contribution is 7.07. The third-order valence-electron chi connectivity index (χ3n) is 2.63. The molecule has 1 aromatic carbocycles. The van der Waals surface area contributed by atoms with Crippen molar-refractivity contribution in [2.75, 3.05) is 24.7 Å². The van der Waals surface area contributed by atoms with E-state index in [0.29, 0.717) is 23.7 Å². The average Bonchev–Trinajstić information content (AvgIpc) is 2.85. The molecular weight excluding hydrogens is 251 g/mol. The summed E-state index contributed by atoms with van der Waals surface area (Å²) in [7, 11) is 1.51. The first-order valence-corrected chi connectivity index (χ1v) is 6.53. The molecule has 0 aliphatic rings. The topological polar surface area (TPSA) is 47.3 Å². The van der Waals surface area contributed by atoms with Crippen LogP contribution in [0.3, 0.4) is 0 Å². The Balaban J connectivity index is 2.00. The van der Waals surface area contributed by atoms with Gasteiger partial charge in [-0.1, -0.05) is 0 Å². The minimum absolute atomic E-state index is 0.304. The van der Waals surface area contributed by atoms with Crippen molar-refractivity contribution in [3.05, 3.63) is 40.3 Å². The Hall–Kier alpha value is -1.75. The molecule has 2 aromatic rings. The van der Waals surface area contributed by atoms with E-state index in [-0.39, 0.29) is 5.82 Å². The van der Waals surface area contributed by atoms with Gasteiger partial charge in [-0.15, -0.1) is 0 Å². The van der Waals surface area contributed by atoms with Gasteiger partial charge < -0.3 is 15.8 Å². The predicted octanol–water partition coefficient (Wildman–Crippen LogP) is 3.13. The zero-order chi connectivity index (χ0) is 13.0. The second kappa shape index (κ2) is 5.73. The maximum atomic E-state index is 13.6. The minimum Gasteiger partial charge on any atom is -0.495 e. The normalized spacial score (nSPS) is 10.3. The lowest BCUT2D eigenvalue weighted by molar-refractivity contribution is 0.416. The summed E-state index contributed by atoms with van der Waals surface area (Å²) in [5.41, 5.74) is 7.58. The number of nitrogens with one attached hydrogen (secondary N) is 1. The molecule has 0 aliphatic heterocycles. The number of halogens is 1. The molecule has 2 rings (SSSR count). The molecule has 0 unspecified atom stereocenters. The Bertz CT molecular complexity index is 514. The summed E-state index contributed by atoms with van der Waals surface area (Å²) in [5.74, 6) is 0.119.